The Morgan fingerprint density at radius 1 is 0.596 bits per heavy atom. The Bertz CT molecular complexity index is 2360. The van der Waals surface area contributed by atoms with Crippen LogP contribution in [0.4, 0.5) is 11.4 Å². The molecule has 292 valence electrons. The minimum absolute atomic E-state index is 0.0586. The van der Waals surface area contributed by atoms with Gasteiger partial charge in [0.25, 0.3) is 5.91 Å². The van der Waals surface area contributed by atoms with Crippen LogP contribution in [-0.4, -0.2) is 57.7 Å². The largest absolute Gasteiger partial charge is 0.437 e. The third-order valence-electron chi connectivity index (χ3n) is 12.8. The molecule has 0 spiro atoms. The fourth-order valence-electron chi connectivity index (χ4n) is 10.2. The highest BCUT2D eigenvalue weighted by Crippen LogP contribution is 2.52. The van der Waals surface area contributed by atoms with Crippen LogP contribution in [0.1, 0.15) is 85.8 Å². The first kappa shape index (κ1) is 38.6. The summed E-state index contributed by atoms with van der Waals surface area (Å²) < 4.78 is 0. The molecule has 1 aliphatic carbocycles. The van der Waals surface area contributed by atoms with Crippen LogP contribution in [0.5, 0.6) is 0 Å². The van der Waals surface area contributed by atoms with Gasteiger partial charge in [-0.2, -0.15) is 0 Å². The molecule has 6 nitrogen and oxygen atoms in total. The first-order valence-electron chi connectivity index (χ1n) is 20.8. The normalized spacial score (nSPS) is 23.3. The number of likely N-dealkylation sites (N-methyl/N-ethyl adjacent to an activating group) is 4. The summed E-state index contributed by atoms with van der Waals surface area (Å²) >= 11 is 5.77. The minimum atomic E-state index is -0.260. The third-order valence-corrected chi connectivity index (χ3v) is 13.3. The van der Waals surface area contributed by atoms with Crippen molar-refractivity contribution in [3.8, 4) is 0 Å². The maximum Gasteiger partial charge on any atom is 0.437 e. The summed E-state index contributed by atoms with van der Waals surface area (Å²) in [5.41, 5.74) is 10.3. The lowest BCUT2D eigenvalue weighted by Crippen LogP contribution is -2.56. The number of anilines is 2. The predicted molar refractivity (Wildman–Crippen MR) is 243 cm³/mol. The van der Waals surface area contributed by atoms with Crippen molar-refractivity contribution >= 4 is 62.1 Å². The maximum absolute atomic E-state index is 14.6. The Balaban J connectivity index is 1.31. The molecule has 8 rings (SSSR count). The van der Waals surface area contributed by atoms with Crippen LogP contribution in [0.2, 0.25) is 0 Å². The van der Waals surface area contributed by atoms with E-state index in [4.69, 9.17) is 12.2 Å². The molecule has 3 heterocycles. The number of thiocarbonyl (C=S) groups is 1. The molecule has 0 aromatic heterocycles. The molecule has 2 fully saturated rings. The predicted octanol–water partition coefficient (Wildman–Crippen LogP) is 11.0. The summed E-state index contributed by atoms with van der Waals surface area (Å²) in [4.78, 5) is 34.8. The highest BCUT2D eigenvalue weighted by molar-refractivity contribution is 7.80. The van der Waals surface area contributed by atoms with E-state index >= 15 is 0 Å². The fourth-order valence-corrected chi connectivity index (χ4v) is 10.6. The van der Waals surface area contributed by atoms with E-state index in [0.717, 1.165) is 49.1 Å². The zero-order valence-electron chi connectivity index (χ0n) is 34.7. The Labute approximate surface area is 343 Å². The van der Waals surface area contributed by atoms with Gasteiger partial charge in [-0.1, -0.05) is 101 Å². The van der Waals surface area contributed by atoms with E-state index < -0.39 is 0 Å². The van der Waals surface area contributed by atoms with Crippen LogP contribution in [-0.2, 0) is 15.6 Å². The van der Waals surface area contributed by atoms with Crippen LogP contribution >= 0.6 is 12.2 Å². The second-order valence-corrected chi connectivity index (χ2v) is 17.0. The van der Waals surface area contributed by atoms with Gasteiger partial charge in [0.2, 0.25) is 0 Å². The standard InChI is InChI=1S/C50H54N4O2S/c1-9-51-38-28-24-32-18-13-15-22-36(32)44(38)49(5,6)40(51)30-26-34-20-17-21-35(42(34)43-46(55)53(11-3)48(57)54(12-4)47(43)56)27-31-41-50(7,8)45-37-23-16-14-19-33(37)25-29-39(45)52(41)10-2/h13-16,18-19,22-31H,9-12,17,20-21H2,1-8H3/p+1/b34-26+,35-27+,40-30-,41-31+. The van der Waals surface area contributed by atoms with E-state index in [0.29, 0.717) is 23.8 Å². The third kappa shape index (κ3) is 5.91. The lowest BCUT2D eigenvalue weighted by atomic mass is 9.78. The number of hydrogen-bond donors (Lipinski definition) is 0. The van der Waals surface area contributed by atoms with Crippen molar-refractivity contribution in [3.05, 3.63) is 142 Å². The Morgan fingerprint density at radius 3 is 1.47 bits per heavy atom. The number of nitrogens with zero attached hydrogens (tertiary/aromatic N) is 4. The average Bonchev–Trinajstić information content (AvgIpc) is 3.57. The van der Waals surface area contributed by atoms with Crippen molar-refractivity contribution in [2.45, 2.75) is 85.5 Å². The molecule has 3 aliphatic heterocycles. The van der Waals surface area contributed by atoms with Crippen LogP contribution in [0.15, 0.2) is 131 Å². The monoisotopic (exact) mass is 775 g/mol. The summed E-state index contributed by atoms with van der Waals surface area (Å²) in [6.07, 6.45) is 11.5. The van der Waals surface area contributed by atoms with Gasteiger partial charge in [-0.25, -0.2) is 4.90 Å². The number of hydrogen-bond acceptors (Lipinski definition) is 4. The molecule has 1 saturated heterocycles. The summed E-state index contributed by atoms with van der Waals surface area (Å²) in [6, 6.07) is 26.3. The minimum Gasteiger partial charge on any atom is -0.344 e. The summed E-state index contributed by atoms with van der Waals surface area (Å²) in [6.45, 7) is 20.2. The van der Waals surface area contributed by atoms with E-state index in [1.807, 2.05) is 13.8 Å². The van der Waals surface area contributed by atoms with Gasteiger partial charge in [0.15, 0.2) is 10.7 Å². The molecule has 7 heteroatoms. The van der Waals surface area contributed by atoms with Gasteiger partial charge in [0, 0.05) is 65.4 Å². The summed E-state index contributed by atoms with van der Waals surface area (Å²) in [7, 11) is 0. The van der Waals surface area contributed by atoms with Crippen molar-refractivity contribution in [3.63, 3.8) is 0 Å². The SMILES string of the molecule is CCN1C(=O)C(=C2/C(=C/C=C3\N(CC)c4ccc5ccccc5c4C3(C)C)CCC/C2=C\C=C2\N(CC)c3ccc4ccccc4c3C2(C)C)C(=[OH+])N(CC)C1=S. The van der Waals surface area contributed by atoms with E-state index in [1.165, 1.54) is 55.4 Å². The van der Waals surface area contributed by atoms with Gasteiger partial charge in [-0.05, 0) is 127 Å². The number of rotatable bonds is 6. The van der Waals surface area contributed by atoms with Gasteiger partial charge in [0.05, 0.1) is 0 Å². The molecule has 0 atom stereocenters. The molecule has 2 amide bonds. The van der Waals surface area contributed by atoms with Crippen molar-refractivity contribution < 1.29 is 9.59 Å². The van der Waals surface area contributed by atoms with Crippen LogP contribution in [0.25, 0.3) is 21.5 Å². The number of carbonyl (C=O) groups is 1. The number of benzene rings is 4. The van der Waals surface area contributed by atoms with Gasteiger partial charge in [-0.15, -0.1) is 0 Å². The molecular formula is C50H55N4O2S+. The number of carbonyl (C=O) groups excluding carboxylic acids is 2. The molecule has 4 aromatic carbocycles. The molecule has 4 aliphatic rings. The second kappa shape index (κ2) is 14.6. The van der Waals surface area contributed by atoms with E-state index in [9.17, 15) is 9.59 Å². The smallest absolute Gasteiger partial charge is 0.344 e. The number of allylic oxidation sites excluding steroid dienone is 9. The quantitative estimate of drug-likeness (QED) is 0.0847. The topological polar surface area (TPSA) is 51.4 Å². The highest BCUT2D eigenvalue weighted by Gasteiger charge is 2.46. The van der Waals surface area contributed by atoms with E-state index in [2.05, 4.69) is 148 Å². The van der Waals surface area contributed by atoms with Crippen molar-refractivity contribution in [2.24, 2.45) is 0 Å². The van der Waals surface area contributed by atoms with Gasteiger partial charge >= 0.3 is 5.91 Å². The van der Waals surface area contributed by atoms with Crippen LogP contribution < -0.4 is 9.80 Å². The first-order chi connectivity index (χ1) is 27.4. The molecular weight excluding hydrogens is 721 g/mol. The van der Waals surface area contributed by atoms with Gasteiger partial charge < -0.3 is 9.80 Å². The van der Waals surface area contributed by atoms with Gasteiger partial charge in [-0.3, -0.25) is 14.5 Å². The molecule has 0 bridgehead atoms. The van der Waals surface area contributed by atoms with Crippen molar-refractivity contribution in [2.75, 3.05) is 36.0 Å². The highest BCUT2D eigenvalue weighted by atomic mass is 32.1. The first-order valence-corrected chi connectivity index (χ1v) is 21.2. The Kier molecular flexibility index (Phi) is 9.88. The van der Waals surface area contributed by atoms with E-state index in [-0.39, 0.29) is 22.6 Å². The maximum atomic E-state index is 14.6. The second-order valence-electron chi connectivity index (χ2n) is 16.6. The fraction of sp³-hybridized carbons (Fsp3) is 0.340. The Hall–Kier alpha value is -5.27. The molecule has 0 radical (unpaired) electrons. The zero-order valence-corrected chi connectivity index (χ0v) is 35.6. The van der Waals surface area contributed by atoms with Crippen molar-refractivity contribution in [1.82, 2.24) is 9.80 Å². The molecule has 0 unspecified atom stereocenters. The van der Waals surface area contributed by atoms with E-state index in [1.54, 1.807) is 9.80 Å². The molecule has 1 N–H and O–H groups in total. The number of amides is 2. The van der Waals surface area contributed by atoms with Gasteiger partial charge in [0.1, 0.15) is 0 Å². The molecule has 57 heavy (non-hydrogen) atoms. The average molecular weight is 776 g/mol. The lowest BCUT2D eigenvalue weighted by Gasteiger charge is -2.35. The van der Waals surface area contributed by atoms with Crippen LogP contribution in [0.3, 0.4) is 0 Å². The van der Waals surface area contributed by atoms with Crippen LogP contribution in [0, 0.1) is 0 Å². The Morgan fingerprint density at radius 2 is 1.04 bits per heavy atom. The number of fused-ring (bicyclic) bond motifs is 6. The zero-order chi connectivity index (χ0) is 40.4. The summed E-state index contributed by atoms with van der Waals surface area (Å²) in [5.74, 6) is -0.305. The van der Waals surface area contributed by atoms with Crippen molar-refractivity contribution in [1.29, 1.82) is 0 Å². The lowest BCUT2D eigenvalue weighted by molar-refractivity contribution is -0.123. The molecule has 1 saturated carbocycles. The summed E-state index contributed by atoms with van der Waals surface area (Å²) in [5, 5.41) is 5.39. The molecule has 4 aromatic rings.